The van der Waals surface area contributed by atoms with Crippen LogP contribution in [0, 0.1) is 11.3 Å². The molecular weight excluding hydrogens is 374 g/mol. The molecule has 8 heteroatoms. The Kier molecular flexibility index (Phi) is 6.50. The van der Waals surface area contributed by atoms with E-state index in [2.05, 4.69) is 16.3 Å². The number of carbonyl (C=O) groups is 1. The van der Waals surface area contributed by atoms with Crippen LogP contribution in [0.1, 0.15) is 18.9 Å². The molecule has 28 heavy (non-hydrogen) atoms. The fraction of sp³-hybridized carbons (Fsp3) is 0.300. The number of furan rings is 1. The minimum absolute atomic E-state index is 0.0472. The number of aromatic nitrogens is 3. The zero-order valence-electron chi connectivity index (χ0n) is 15.8. The summed E-state index contributed by atoms with van der Waals surface area (Å²) in [6.07, 6.45) is 1.91. The monoisotopic (exact) mass is 395 g/mol. The Bertz CT molecular complexity index is 947. The van der Waals surface area contributed by atoms with Crippen LogP contribution in [0.4, 0.5) is 0 Å². The number of nitrogens with zero attached hydrogens (tertiary/aromatic N) is 5. The highest BCUT2D eigenvalue weighted by Gasteiger charge is 2.23. The third kappa shape index (κ3) is 4.61. The minimum atomic E-state index is -0.355. The van der Waals surface area contributed by atoms with Gasteiger partial charge in [0.05, 0.1) is 30.5 Å². The van der Waals surface area contributed by atoms with Crippen molar-refractivity contribution < 1.29 is 9.21 Å². The highest BCUT2D eigenvalue weighted by molar-refractivity contribution is 8.00. The predicted octanol–water partition coefficient (Wildman–Crippen LogP) is 3.44. The van der Waals surface area contributed by atoms with Crippen LogP contribution in [0.2, 0.25) is 0 Å². The molecule has 1 amide bonds. The van der Waals surface area contributed by atoms with E-state index in [0.29, 0.717) is 36.3 Å². The van der Waals surface area contributed by atoms with Gasteiger partial charge in [0.2, 0.25) is 11.7 Å². The molecule has 144 valence electrons. The van der Waals surface area contributed by atoms with Gasteiger partial charge in [-0.2, -0.15) is 5.26 Å². The van der Waals surface area contributed by atoms with E-state index in [1.165, 1.54) is 11.8 Å². The van der Waals surface area contributed by atoms with E-state index in [4.69, 9.17) is 9.68 Å². The van der Waals surface area contributed by atoms with Crippen LogP contribution in [-0.2, 0) is 11.3 Å². The van der Waals surface area contributed by atoms with Crippen LogP contribution in [-0.4, -0.2) is 44.4 Å². The molecule has 0 aliphatic carbocycles. The van der Waals surface area contributed by atoms with Gasteiger partial charge in [0.15, 0.2) is 10.9 Å². The molecule has 3 aromatic rings. The molecule has 0 saturated heterocycles. The lowest BCUT2D eigenvalue weighted by Gasteiger charge is -2.20. The molecule has 0 fully saturated rings. The van der Waals surface area contributed by atoms with Crippen LogP contribution in [0.5, 0.6) is 0 Å². The number of hydrogen-bond donors (Lipinski definition) is 0. The van der Waals surface area contributed by atoms with Crippen LogP contribution in [0.15, 0.2) is 58.3 Å². The van der Waals surface area contributed by atoms with Gasteiger partial charge in [-0.1, -0.05) is 42.1 Å². The van der Waals surface area contributed by atoms with Gasteiger partial charge in [-0.15, -0.1) is 10.2 Å². The van der Waals surface area contributed by atoms with Crippen LogP contribution < -0.4 is 0 Å². The molecule has 0 spiro atoms. The molecule has 0 aliphatic rings. The summed E-state index contributed by atoms with van der Waals surface area (Å²) in [6, 6.07) is 15.7. The number of rotatable bonds is 8. The summed E-state index contributed by atoms with van der Waals surface area (Å²) < 4.78 is 7.46. The highest BCUT2D eigenvalue weighted by Crippen LogP contribution is 2.28. The van der Waals surface area contributed by atoms with Crippen LogP contribution in [0.25, 0.3) is 11.6 Å². The van der Waals surface area contributed by atoms with Gasteiger partial charge < -0.3 is 9.32 Å². The van der Waals surface area contributed by atoms with Crippen molar-refractivity contribution in [3.8, 4) is 17.7 Å². The summed E-state index contributed by atoms with van der Waals surface area (Å²) in [5.41, 5.74) is 1.10. The molecule has 0 N–H and O–H groups in total. The Hall–Kier alpha value is -3.05. The van der Waals surface area contributed by atoms with Gasteiger partial charge in [-0.3, -0.25) is 9.36 Å². The van der Waals surface area contributed by atoms with E-state index >= 15 is 0 Å². The minimum Gasteiger partial charge on any atom is -0.461 e. The van der Waals surface area contributed by atoms with Crippen molar-refractivity contribution >= 4 is 17.7 Å². The second-order valence-corrected chi connectivity index (χ2v) is 7.59. The van der Waals surface area contributed by atoms with E-state index in [-0.39, 0.29) is 11.2 Å². The quantitative estimate of drug-likeness (QED) is 0.543. The van der Waals surface area contributed by atoms with Gasteiger partial charge in [0.25, 0.3) is 0 Å². The average Bonchev–Trinajstić information content (AvgIpc) is 3.37. The lowest BCUT2D eigenvalue weighted by Crippen LogP contribution is -2.34. The molecular formula is C20H21N5O2S. The summed E-state index contributed by atoms with van der Waals surface area (Å²) in [5, 5.41) is 17.6. The van der Waals surface area contributed by atoms with Crippen LogP contribution >= 0.6 is 11.8 Å². The van der Waals surface area contributed by atoms with E-state index in [9.17, 15) is 4.79 Å². The lowest BCUT2D eigenvalue weighted by molar-refractivity contribution is -0.128. The summed E-state index contributed by atoms with van der Waals surface area (Å²) in [7, 11) is 1.71. The molecule has 7 nitrogen and oxygen atoms in total. The number of benzene rings is 1. The third-order valence-electron chi connectivity index (χ3n) is 4.21. The van der Waals surface area contributed by atoms with Gasteiger partial charge >= 0.3 is 0 Å². The number of nitriles is 1. The van der Waals surface area contributed by atoms with Crippen molar-refractivity contribution in [1.82, 2.24) is 19.7 Å². The Morgan fingerprint density at radius 3 is 2.75 bits per heavy atom. The van der Waals surface area contributed by atoms with Gasteiger partial charge in [-0.25, -0.2) is 0 Å². The van der Waals surface area contributed by atoms with E-state index in [0.717, 1.165) is 5.56 Å². The molecule has 1 atom stereocenters. The summed E-state index contributed by atoms with van der Waals surface area (Å²) in [6.45, 7) is 2.82. The standard InChI is InChI=1S/C20H21N5O2S/c1-15(19(26)24(2)12-7-11-21)28-20-23-22-18(17-10-6-13-27-17)25(20)14-16-8-4-3-5-9-16/h3-6,8-10,13,15H,7,12,14H2,1-2H3/t15-/m1/s1. The van der Waals surface area contributed by atoms with Crippen molar-refractivity contribution in [3.05, 3.63) is 54.3 Å². The molecule has 0 unspecified atom stereocenters. The summed E-state index contributed by atoms with van der Waals surface area (Å²) in [5.74, 6) is 1.20. The smallest absolute Gasteiger partial charge is 0.235 e. The second-order valence-electron chi connectivity index (χ2n) is 6.28. The Morgan fingerprint density at radius 2 is 2.07 bits per heavy atom. The number of amides is 1. The van der Waals surface area contributed by atoms with Crippen molar-refractivity contribution in [3.63, 3.8) is 0 Å². The van der Waals surface area contributed by atoms with Crippen molar-refractivity contribution in [2.45, 2.75) is 30.3 Å². The number of carbonyl (C=O) groups excluding carboxylic acids is 1. The normalized spacial score (nSPS) is 11.8. The van der Waals surface area contributed by atoms with Gasteiger partial charge in [-0.05, 0) is 24.6 Å². The Balaban J connectivity index is 1.84. The van der Waals surface area contributed by atoms with Crippen molar-refractivity contribution in [1.29, 1.82) is 5.26 Å². The first kappa shape index (κ1) is 19.7. The zero-order chi connectivity index (χ0) is 19.9. The number of hydrogen-bond acceptors (Lipinski definition) is 6. The van der Waals surface area contributed by atoms with Crippen LogP contribution in [0.3, 0.4) is 0 Å². The summed E-state index contributed by atoms with van der Waals surface area (Å²) >= 11 is 1.35. The fourth-order valence-electron chi connectivity index (χ4n) is 2.72. The van der Waals surface area contributed by atoms with Crippen molar-refractivity contribution in [2.24, 2.45) is 0 Å². The second kappa shape index (κ2) is 9.24. The molecule has 2 aromatic heterocycles. The van der Waals surface area contributed by atoms with E-state index in [1.54, 1.807) is 24.3 Å². The topological polar surface area (TPSA) is 87.9 Å². The first-order chi connectivity index (χ1) is 13.6. The predicted molar refractivity (Wildman–Crippen MR) is 106 cm³/mol. The molecule has 0 aliphatic heterocycles. The average molecular weight is 395 g/mol. The van der Waals surface area contributed by atoms with Gasteiger partial charge in [0, 0.05) is 13.6 Å². The lowest BCUT2D eigenvalue weighted by atomic mass is 10.2. The molecule has 1 aromatic carbocycles. The SMILES string of the molecule is C[C@@H](Sc1nnc(-c2ccco2)n1Cc1ccccc1)C(=O)N(C)CCC#N. The largest absolute Gasteiger partial charge is 0.461 e. The molecule has 0 bridgehead atoms. The maximum atomic E-state index is 12.6. The van der Waals surface area contributed by atoms with Crippen molar-refractivity contribution in [2.75, 3.05) is 13.6 Å². The van der Waals surface area contributed by atoms with E-state index in [1.807, 2.05) is 47.9 Å². The Labute approximate surface area is 168 Å². The Morgan fingerprint density at radius 1 is 1.29 bits per heavy atom. The molecule has 0 radical (unpaired) electrons. The molecule has 0 saturated carbocycles. The molecule has 3 rings (SSSR count). The molecule has 2 heterocycles. The third-order valence-corrected chi connectivity index (χ3v) is 5.28. The van der Waals surface area contributed by atoms with E-state index < -0.39 is 0 Å². The zero-order valence-corrected chi connectivity index (χ0v) is 16.6. The maximum absolute atomic E-state index is 12.6. The first-order valence-corrected chi connectivity index (χ1v) is 9.77. The first-order valence-electron chi connectivity index (χ1n) is 8.89. The highest BCUT2D eigenvalue weighted by atomic mass is 32.2. The summed E-state index contributed by atoms with van der Waals surface area (Å²) in [4.78, 5) is 14.2. The number of thioether (sulfide) groups is 1. The fourth-order valence-corrected chi connectivity index (χ4v) is 3.68. The maximum Gasteiger partial charge on any atom is 0.235 e. The van der Waals surface area contributed by atoms with Gasteiger partial charge in [0.1, 0.15) is 0 Å².